The molecule has 0 saturated carbocycles. The largest absolute Gasteiger partial charge is 0.493 e. The van der Waals surface area contributed by atoms with E-state index in [1.807, 2.05) is 0 Å². The third-order valence-corrected chi connectivity index (χ3v) is 4.61. The average molecular weight is 263 g/mol. The van der Waals surface area contributed by atoms with E-state index in [1.54, 1.807) is 0 Å². The highest BCUT2D eigenvalue weighted by Crippen LogP contribution is 2.30. The van der Waals surface area contributed by atoms with Crippen molar-refractivity contribution in [1.82, 2.24) is 0 Å². The minimum Gasteiger partial charge on any atom is -0.493 e. The van der Waals surface area contributed by atoms with Crippen LogP contribution in [0.1, 0.15) is 49.8 Å². The first-order chi connectivity index (χ1) is 8.98. The van der Waals surface area contributed by atoms with Gasteiger partial charge in [-0.3, -0.25) is 0 Å². The first-order valence-electron chi connectivity index (χ1n) is 7.38. The van der Waals surface area contributed by atoms with E-state index < -0.39 is 0 Å². The van der Waals surface area contributed by atoms with E-state index in [0.29, 0.717) is 0 Å². The number of hydrogen-bond acceptors (Lipinski definition) is 2. The maximum Gasteiger partial charge on any atom is 0.122 e. The van der Waals surface area contributed by atoms with Crippen molar-refractivity contribution in [1.29, 1.82) is 0 Å². The Balaban J connectivity index is 2.65. The van der Waals surface area contributed by atoms with E-state index in [2.05, 4.69) is 46.8 Å². The van der Waals surface area contributed by atoms with E-state index in [9.17, 15) is 0 Å². The summed E-state index contributed by atoms with van der Waals surface area (Å²) >= 11 is 0. The highest BCUT2D eigenvalue weighted by Gasteiger charge is 2.24. The number of nitrogens with two attached hydrogens (primary N) is 1. The molecule has 0 radical (unpaired) electrons. The van der Waals surface area contributed by atoms with Crippen molar-refractivity contribution in [3.05, 3.63) is 28.8 Å². The predicted molar refractivity (Wildman–Crippen MR) is 82.8 cm³/mol. The highest BCUT2D eigenvalue weighted by molar-refractivity contribution is 5.40. The normalized spacial score (nSPS) is 11.7. The molecule has 0 atom stereocenters. The molecule has 1 aromatic carbocycles. The molecule has 0 heterocycles. The molecule has 0 aliphatic carbocycles. The second-order valence-corrected chi connectivity index (χ2v) is 5.71. The first kappa shape index (κ1) is 16.0. The Hall–Kier alpha value is -1.02. The third-order valence-electron chi connectivity index (χ3n) is 4.61. The molecule has 2 N–H and O–H groups in total. The van der Waals surface area contributed by atoms with Gasteiger partial charge in [-0.05, 0) is 74.8 Å². The van der Waals surface area contributed by atoms with Crippen LogP contribution in [0.3, 0.4) is 0 Å². The van der Waals surface area contributed by atoms with Gasteiger partial charge in [0.2, 0.25) is 0 Å². The molecular formula is C17H29NO. The summed E-state index contributed by atoms with van der Waals surface area (Å²) in [7, 11) is 0. The quantitative estimate of drug-likeness (QED) is 0.802. The van der Waals surface area contributed by atoms with Gasteiger partial charge >= 0.3 is 0 Å². The lowest BCUT2D eigenvalue weighted by molar-refractivity contribution is 0.186. The lowest BCUT2D eigenvalue weighted by Gasteiger charge is -2.30. The summed E-state index contributed by atoms with van der Waals surface area (Å²) in [6.07, 6.45) is 3.27. The van der Waals surface area contributed by atoms with Crippen LogP contribution in [0.5, 0.6) is 5.75 Å². The van der Waals surface area contributed by atoms with Gasteiger partial charge in [0, 0.05) is 0 Å². The molecule has 0 aliphatic heterocycles. The first-order valence-corrected chi connectivity index (χ1v) is 7.38. The Morgan fingerprint density at radius 2 is 1.58 bits per heavy atom. The van der Waals surface area contributed by atoms with E-state index in [1.165, 1.54) is 16.7 Å². The summed E-state index contributed by atoms with van der Waals surface area (Å²) < 4.78 is 5.98. The van der Waals surface area contributed by atoms with Gasteiger partial charge in [-0.15, -0.1) is 0 Å². The van der Waals surface area contributed by atoms with Crippen LogP contribution in [0.15, 0.2) is 12.1 Å². The third kappa shape index (κ3) is 3.97. The zero-order chi connectivity index (χ0) is 14.5. The SMILES string of the molecule is CCC(CC)(CN)CCOc1cc(C)c(C)cc1C. The fraction of sp³-hybridized carbons (Fsp3) is 0.647. The molecule has 1 rings (SSSR count). The van der Waals surface area contributed by atoms with Crippen molar-refractivity contribution in [2.75, 3.05) is 13.2 Å². The standard InChI is InChI=1S/C17H29NO/c1-6-17(7-2,12-18)8-9-19-16-11-14(4)13(3)10-15(16)5/h10-11H,6-9,12,18H2,1-5H3. The van der Waals surface area contributed by atoms with Crippen LogP contribution < -0.4 is 10.5 Å². The van der Waals surface area contributed by atoms with Gasteiger partial charge < -0.3 is 10.5 Å². The van der Waals surface area contributed by atoms with Crippen LogP contribution in [0.2, 0.25) is 0 Å². The van der Waals surface area contributed by atoms with Gasteiger partial charge in [0.25, 0.3) is 0 Å². The molecule has 0 unspecified atom stereocenters. The lowest BCUT2D eigenvalue weighted by Crippen LogP contribution is -2.31. The summed E-state index contributed by atoms with van der Waals surface area (Å²) in [5.41, 5.74) is 10.00. The van der Waals surface area contributed by atoms with Crippen LogP contribution in [0.4, 0.5) is 0 Å². The molecule has 0 aliphatic rings. The Kier molecular flexibility index (Phi) is 5.86. The van der Waals surface area contributed by atoms with Gasteiger partial charge in [-0.2, -0.15) is 0 Å². The molecule has 108 valence electrons. The number of hydrogen-bond donors (Lipinski definition) is 1. The molecule has 0 aromatic heterocycles. The smallest absolute Gasteiger partial charge is 0.122 e. The fourth-order valence-corrected chi connectivity index (χ4v) is 2.46. The van der Waals surface area contributed by atoms with Crippen LogP contribution in [-0.2, 0) is 0 Å². The zero-order valence-corrected chi connectivity index (χ0v) is 13.2. The number of benzene rings is 1. The Bertz CT molecular complexity index is 400. The average Bonchev–Trinajstić information content (AvgIpc) is 2.41. The monoisotopic (exact) mass is 263 g/mol. The maximum atomic E-state index is 5.98. The molecule has 0 spiro atoms. The molecule has 1 aromatic rings. The molecule has 19 heavy (non-hydrogen) atoms. The zero-order valence-electron chi connectivity index (χ0n) is 13.2. The van der Waals surface area contributed by atoms with E-state index >= 15 is 0 Å². The maximum absolute atomic E-state index is 5.98. The Labute approximate surface area is 118 Å². The highest BCUT2D eigenvalue weighted by atomic mass is 16.5. The van der Waals surface area contributed by atoms with E-state index in [-0.39, 0.29) is 5.41 Å². The molecule has 0 bridgehead atoms. The van der Waals surface area contributed by atoms with Crippen molar-refractivity contribution in [2.24, 2.45) is 11.1 Å². The molecule has 0 amide bonds. The second kappa shape index (κ2) is 6.95. The van der Waals surface area contributed by atoms with Crippen molar-refractivity contribution < 1.29 is 4.74 Å². The molecular weight excluding hydrogens is 234 g/mol. The molecule has 2 nitrogen and oxygen atoms in total. The van der Waals surface area contributed by atoms with Crippen LogP contribution in [0, 0.1) is 26.2 Å². The summed E-state index contributed by atoms with van der Waals surface area (Å²) in [6.45, 7) is 12.3. The van der Waals surface area contributed by atoms with Crippen LogP contribution >= 0.6 is 0 Å². The minimum atomic E-state index is 0.244. The van der Waals surface area contributed by atoms with Crippen LogP contribution in [-0.4, -0.2) is 13.2 Å². The number of rotatable bonds is 7. The molecule has 2 heteroatoms. The second-order valence-electron chi connectivity index (χ2n) is 5.71. The van der Waals surface area contributed by atoms with Crippen molar-refractivity contribution in [2.45, 2.75) is 53.9 Å². The Morgan fingerprint density at radius 1 is 1.00 bits per heavy atom. The van der Waals surface area contributed by atoms with E-state index in [4.69, 9.17) is 10.5 Å². The summed E-state index contributed by atoms with van der Waals surface area (Å²) in [4.78, 5) is 0. The van der Waals surface area contributed by atoms with Gasteiger partial charge in [0.1, 0.15) is 5.75 Å². The van der Waals surface area contributed by atoms with E-state index in [0.717, 1.165) is 38.2 Å². The topological polar surface area (TPSA) is 35.2 Å². The molecule has 0 saturated heterocycles. The Morgan fingerprint density at radius 3 is 2.11 bits per heavy atom. The van der Waals surface area contributed by atoms with Gasteiger partial charge in [-0.25, -0.2) is 0 Å². The van der Waals surface area contributed by atoms with Crippen LogP contribution in [0.25, 0.3) is 0 Å². The lowest BCUT2D eigenvalue weighted by atomic mass is 9.80. The van der Waals surface area contributed by atoms with Gasteiger partial charge in [-0.1, -0.05) is 19.9 Å². The summed E-state index contributed by atoms with van der Waals surface area (Å²) in [5, 5.41) is 0. The van der Waals surface area contributed by atoms with Gasteiger partial charge in [0.05, 0.1) is 6.61 Å². The minimum absolute atomic E-state index is 0.244. The van der Waals surface area contributed by atoms with Crippen molar-refractivity contribution in [3.8, 4) is 5.75 Å². The number of aryl methyl sites for hydroxylation is 3. The van der Waals surface area contributed by atoms with Crippen molar-refractivity contribution >= 4 is 0 Å². The summed E-state index contributed by atoms with van der Waals surface area (Å²) in [5.74, 6) is 1.02. The fourth-order valence-electron chi connectivity index (χ4n) is 2.46. The number of ether oxygens (including phenoxy) is 1. The molecule has 0 fully saturated rings. The summed E-state index contributed by atoms with van der Waals surface area (Å²) in [6, 6.07) is 4.34. The van der Waals surface area contributed by atoms with Gasteiger partial charge in [0.15, 0.2) is 0 Å². The van der Waals surface area contributed by atoms with Crippen molar-refractivity contribution in [3.63, 3.8) is 0 Å². The predicted octanol–water partition coefficient (Wildman–Crippen LogP) is 4.15.